The van der Waals surface area contributed by atoms with Gasteiger partial charge in [-0.05, 0) is 50.0 Å². The molecule has 3 nitrogen and oxygen atoms in total. The lowest BCUT2D eigenvalue weighted by Crippen LogP contribution is -2.25. The second-order valence-electron chi connectivity index (χ2n) is 5.59. The van der Waals surface area contributed by atoms with Gasteiger partial charge in [-0.1, -0.05) is 12.2 Å². The molecule has 1 N–H and O–H groups in total. The van der Waals surface area contributed by atoms with Gasteiger partial charge in [0.15, 0.2) is 0 Å². The molecule has 4 heteroatoms. The Morgan fingerprint density at radius 2 is 2.15 bits per heavy atom. The van der Waals surface area contributed by atoms with Crippen molar-refractivity contribution >= 4 is 17.7 Å². The van der Waals surface area contributed by atoms with Crippen LogP contribution in [0, 0.1) is 11.8 Å². The number of carboxylic acids is 1. The standard InChI is InChI=1S/C16H24O3S/c1-19-11-10-13-12(14-8-9-15(13)20-14)6-4-2-3-5-7-16(17)18/h2,4,10-15H,3,5-9H2,1H3,(H,17,18)/t12-,13+,14-,15+/m1/s1. The van der Waals surface area contributed by atoms with Crippen molar-refractivity contribution in [3.63, 3.8) is 0 Å². The van der Waals surface area contributed by atoms with Crippen molar-refractivity contribution < 1.29 is 14.6 Å². The molecule has 0 aliphatic carbocycles. The molecule has 0 radical (unpaired) electrons. The first-order valence-corrected chi connectivity index (χ1v) is 8.38. The Morgan fingerprint density at radius 3 is 2.90 bits per heavy atom. The van der Waals surface area contributed by atoms with E-state index < -0.39 is 5.97 Å². The summed E-state index contributed by atoms with van der Waals surface area (Å²) in [5, 5.41) is 10.2. The van der Waals surface area contributed by atoms with Crippen LogP contribution < -0.4 is 0 Å². The molecule has 0 aromatic carbocycles. The molecule has 0 unspecified atom stereocenters. The Bertz CT molecular complexity index is 378. The smallest absolute Gasteiger partial charge is 0.303 e. The van der Waals surface area contributed by atoms with E-state index in [1.54, 1.807) is 7.11 Å². The molecule has 4 atom stereocenters. The molecule has 0 aromatic heterocycles. The summed E-state index contributed by atoms with van der Waals surface area (Å²) in [6.45, 7) is 0. The van der Waals surface area contributed by atoms with E-state index in [4.69, 9.17) is 9.84 Å². The van der Waals surface area contributed by atoms with Crippen LogP contribution in [0.5, 0.6) is 0 Å². The highest BCUT2D eigenvalue weighted by Crippen LogP contribution is 2.54. The van der Waals surface area contributed by atoms with Crippen LogP contribution in [0.25, 0.3) is 0 Å². The first kappa shape index (κ1) is 15.5. The second kappa shape index (κ2) is 7.77. The highest BCUT2D eigenvalue weighted by molar-refractivity contribution is 8.01. The van der Waals surface area contributed by atoms with Gasteiger partial charge >= 0.3 is 5.97 Å². The highest BCUT2D eigenvalue weighted by Gasteiger charge is 2.46. The molecule has 0 saturated carbocycles. The molecule has 0 aromatic rings. The number of carboxylic acid groups (broad SMARTS) is 1. The predicted molar refractivity (Wildman–Crippen MR) is 82.8 cm³/mol. The first-order chi connectivity index (χ1) is 9.72. The SMILES string of the molecule is COC=C[C@H]1[C@@H](CC=CCCCC(=O)O)[C@H]2CC[C@@H]1S2. The van der Waals surface area contributed by atoms with Gasteiger partial charge in [-0.25, -0.2) is 0 Å². The lowest BCUT2D eigenvalue weighted by Gasteiger charge is -2.26. The van der Waals surface area contributed by atoms with Gasteiger partial charge in [-0.3, -0.25) is 4.79 Å². The maximum absolute atomic E-state index is 10.4. The molecule has 112 valence electrons. The van der Waals surface area contributed by atoms with Gasteiger partial charge in [0.1, 0.15) is 0 Å². The van der Waals surface area contributed by atoms with Crippen LogP contribution in [0.3, 0.4) is 0 Å². The minimum Gasteiger partial charge on any atom is -0.505 e. The van der Waals surface area contributed by atoms with Crippen molar-refractivity contribution in [1.29, 1.82) is 0 Å². The number of carbonyl (C=O) groups is 1. The van der Waals surface area contributed by atoms with Crippen LogP contribution in [0.15, 0.2) is 24.5 Å². The van der Waals surface area contributed by atoms with Gasteiger partial charge < -0.3 is 9.84 Å². The number of methoxy groups -OCH3 is 1. The molecule has 2 rings (SSSR count). The zero-order chi connectivity index (χ0) is 14.4. The van der Waals surface area contributed by atoms with Crippen molar-refractivity contribution in [3.05, 3.63) is 24.5 Å². The summed E-state index contributed by atoms with van der Waals surface area (Å²) in [7, 11) is 1.70. The van der Waals surface area contributed by atoms with Crippen LogP contribution in [0.2, 0.25) is 0 Å². The van der Waals surface area contributed by atoms with E-state index in [0.29, 0.717) is 5.92 Å². The van der Waals surface area contributed by atoms with Crippen LogP contribution in [-0.4, -0.2) is 28.7 Å². The normalized spacial score (nSPS) is 32.5. The summed E-state index contributed by atoms with van der Waals surface area (Å²) in [6, 6.07) is 0. The topological polar surface area (TPSA) is 46.5 Å². The summed E-state index contributed by atoms with van der Waals surface area (Å²) in [4.78, 5) is 10.4. The molecule has 20 heavy (non-hydrogen) atoms. The number of fused-ring (bicyclic) bond motifs is 2. The van der Waals surface area contributed by atoms with Crippen LogP contribution >= 0.6 is 11.8 Å². The largest absolute Gasteiger partial charge is 0.505 e. The number of hydrogen-bond acceptors (Lipinski definition) is 3. The van der Waals surface area contributed by atoms with E-state index >= 15 is 0 Å². The summed E-state index contributed by atoms with van der Waals surface area (Å²) in [5.74, 6) is 0.663. The molecule has 2 fully saturated rings. The predicted octanol–water partition coefficient (Wildman–Crippen LogP) is 3.86. The monoisotopic (exact) mass is 296 g/mol. The van der Waals surface area contributed by atoms with Gasteiger partial charge in [0.2, 0.25) is 0 Å². The van der Waals surface area contributed by atoms with Gasteiger partial charge in [-0.15, -0.1) is 0 Å². The Kier molecular flexibility index (Phi) is 6.02. The number of hydrogen-bond donors (Lipinski definition) is 1. The van der Waals surface area contributed by atoms with E-state index in [0.717, 1.165) is 35.7 Å². The van der Waals surface area contributed by atoms with E-state index in [2.05, 4.69) is 30.0 Å². The average Bonchev–Trinajstić information content (AvgIpc) is 3.01. The minimum atomic E-state index is -0.701. The second-order valence-corrected chi connectivity index (χ2v) is 7.07. The van der Waals surface area contributed by atoms with Crippen LogP contribution in [0.4, 0.5) is 0 Å². The van der Waals surface area contributed by atoms with Crippen molar-refractivity contribution in [2.75, 3.05) is 7.11 Å². The maximum Gasteiger partial charge on any atom is 0.303 e. The summed E-state index contributed by atoms with van der Waals surface area (Å²) >= 11 is 2.15. The Balaban J connectivity index is 1.77. The van der Waals surface area contributed by atoms with E-state index in [1.165, 1.54) is 12.8 Å². The fourth-order valence-electron chi connectivity index (χ4n) is 3.30. The average molecular weight is 296 g/mol. The van der Waals surface area contributed by atoms with Crippen molar-refractivity contribution in [1.82, 2.24) is 0 Å². The highest BCUT2D eigenvalue weighted by atomic mass is 32.2. The fraction of sp³-hybridized carbons (Fsp3) is 0.688. The molecule has 0 amide bonds. The number of aliphatic carboxylic acids is 1. The molecule has 2 heterocycles. The summed E-state index contributed by atoms with van der Waals surface area (Å²) in [5.41, 5.74) is 0. The zero-order valence-corrected chi connectivity index (χ0v) is 12.8. The molecule has 2 aliphatic rings. The van der Waals surface area contributed by atoms with E-state index in [1.807, 2.05) is 6.26 Å². The number of thioether (sulfide) groups is 1. The Morgan fingerprint density at radius 1 is 1.35 bits per heavy atom. The molecule has 2 saturated heterocycles. The first-order valence-electron chi connectivity index (χ1n) is 7.44. The molecule has 2 aliphatic heterocycles. The number of unbranched alkanes of at least 4 members (excludes halogenated alkanes) is 1. The third kappa shape index (κ3) is 4.05. The lowest BCUT2D eigenvalue weighted by atomic mass is 9.77. The van der Waals surface area contributed by atoms with Gasteiger partial charge in [0, 0.05) is 16.9 Å². The molecular weight excluding hydrogens is 272 g/mol. The minimum absolute atomic E-state index is 0.271. The number of rotatable bonds is 8. The zero-order valence-electron chi connectivity index (χ0n) is 12.0. The number of ether oxygens (including phenoxy) is 1. The van der Waals surface area contributed by atoms with Gasteiger partial charge in [-0.2, -0.15) is 11.8 Å². The summed E-state index contributed by atoms with van der Waals surface area (Å²) in [6.07, 6.45) is 14.2. The Labute approximate surface area is 125 Å². The number of allylic oxidation sites excluding steroid dienone is 3. The van der Waals surface area contributed by atoms with Gasteiger partial charge in [0.05, 0.1) is 13.4 Å². The van der Waals surface area contributed by atoms with Crippen LogP contribution in [0.1, 0.15) is 38.5 Å². The molecule has 2 bridgehead atoms. The lowest BCUT2D eigenvalue weighted by molar-refractivity contribution is -0.137. The van der Waals surface area contributed by atoms with Crippen LogP contribution in [-0.2, 0) is 9.53 Å². The molecular formula is C16H24O3S. The van der Waals surface area contributed by atoms with Crippen molar-refractivity contribution in [2.45, 2.75) is 49.0 Å². The quantitative estimate of drug-likeness (QED) is 0.420. The van der Waals surface area contributed by atoms with E-state index in [9.17, 15) is 4.79 Å². The van der Waals surface area contributed by atoms with Crippen molar-refractivity contribution in [2.24, 2.45) is 11.8 Å². The van der Waals surface area contributed by atoms with E-state index in [-0.39, 0.29) is 6.42 Å². The third-order valence-corrected chi connectivity index (χ3v) is 6.09. The van der Waals surface area contributed by atoms with Crippen molar-refractivity contribution in [3.8, 4) is 0 Å². The third-order valence-electron chi connectivity index (χ3n) is 4.26. The Hall–Kier alpha value is -0.900. The van der Waals surface area contributed by atoms with Gasteiger partial charge in [0.25, 0.3) is 0 Å². The fourth-order valence-corrected chi connectivity index (χ4v) is 5.26. The summed E-state index contributed by atoms with van der Waals surface area (Å²) < 4.78 is 5.08. The molecule has 0 spiro atoms. The maximum atomic E-state index is 10.4.